The number of ether oxygens (including phenoxy) is 1. The van der Waals surface area contributed by atoms with Gasteiger partial charge >= 0.3 is 0 Å². The van der Waals surface area contributed by atoms with E-state index < -0.39 is 0 Å². The lowest BCUT2D eigenvalue weighted by Crippen LogP contribution is -2.52. The van der Waals surface area contributed by atoms with E-state index in [0.717, 1.165) is 0 Å². The van der Waals surface area contributed by atoms with Gasteiger partial charge in [0.1, 0.15) is 13.2 Å². The van der Waals surface area contributed by atoms with Crippen LogP contribution in [0.15, 0.2) is 24.3 Å². The Morgan fingerprint density at radius 3 is 2.73 bits per heavy atom. The molecular weight excluding hydrogens is 145 g/mol. The minimum atomic E-state index is -0.319. The smallest absolute Gasteiger partial charge is 0.165 e. The Morgan fingerprint density at radius 1 is 1.36 bits per heavy atom. The van der Waals surface area contributed by atoms with Gasteiger partial charge in [0.25, 0.3) is 0 Å². The van der Waals surface area contributed by atoms with E-state index in [0.29, 0.717) is 18.9 Å². The van der Waals surface area contributed by atoms with E-state index in [1.165, 1.54) is 6.07 Å². The van der Waals surface area contributed by atoms with Crippen LogP contribution < -0.4 is 10.5 Å². The average Bonchev–Trinajstić information content (AvgIpc) is 2.03. The summed E-state index contributed by atoms with van der Waals surface area (Å²) >= 11 is 0. The first-order chi connectivity index (χ1) is 5.34. The van der Waals surface area contributed by atoms with Crippen molar-refractivity contribution in [3.8, 4) is 5.75 Å². The fourth-order valence-corrected chi connectivity index (χ4v) is 0.744. The maximum atomic E-state index is 12.8. The molecule has 3 N–H and O–H groups in total. The van der Waals surface area contributed by atoms with Gasteiger partial charge in [-0.15, -0.1) is 0 Å². The Bertz CT molecular complexity index is 227. The van der Waals surface area contributed by atoms with Gasteiger partial charge < -0.3 is 10.5 Å². The molecule has 0 fully saturated rings. The van der Waals surface area contributed by atoms with Crippen molar-refractivity contribution in [2.45, 2.75) is 0 Å². The molecule has 0 saturated heterocycles. The largest absolute Gasteiger partial charge is 0.485 e. The summed E-state index contributed by atoms with van der Waals surface area (Å²) in [5, 5.41) is 0. The summed E-state index contributed by atoms with van der Waals surface area (Å²) in [7, 11) is 0. The molecule has 2 nitrogen and oxygen atoms in total. The summed E-state index contributed by atoms with van der Waals surface area (Å²) in [6.45, 7) is 1.11. The van der Waals surface area contributed by atoms with Gasteiger partial charge in [0.05, 0.1) is 0 Å². The van der Waals surface area contributed by atoms with E-state index >= 15 is 0 Å². The summed E-state index contributed by atoms with van der Waals surface area (Å²) in [5.74, 6) is -0.0166. The standard InChI is InChI=1S/C8H10FNO/c9-7-3-1-2-4-8(7)11-6-5-10/h1-4H,5-6,10H2/p+1. The lowest BCUT2D eigenvalue weighted by Gasteiger charge is -2.02. The first kappa shape index (κ1) is 8.01. The molecular formula is C8H11FNO+. The van der Waals surface area contributed by atoms with Crippen molar-refractivity contribution in [1.82, 2.24) is 0 Å². The van der Waals surface area contributed by atoms with Gasteiger partial charge in [-0.2, -0.15) is 0 Å². The molecule has 60 valence electrons. The van der Waals surface area contributed by atoms with Crippen LogP contribution in [0.2, 0.25) is 0 Å². The fraction of sp³-hybridized carbons (Fsp3) is 0.250. The normalized spacial score (nSPS) is 9.64. The fourth-order valence-electron chi connectivity index (χ4n) is 0.744. The molecule has 0 heterocycles. The van der Waals surface area contributed by atoms with Crippen molar-refractivity contribution in [2.24, 2.45) is 0 Å². The number of para-hydroxylation sites is 1. The van der Waals surface area contributed by atoms with Crippen LogP contribution in [0.4, 0.5) is 4.39 Å². The van der Waals surface area contributed by atoms with Crippen LogP contribution in [0.3, 0.4) is 0 Å². The highest BCUT2D eigenvalue weighted by atomic mass is 19.1. The summed E-state index contributed by atoms with van der Waals surface area (Å²) < 4.78 is 17.8. The number of rotatable bonds is 3. The summed E-state index contributed by atoms with van der Waals surface area (Å²) in [6.07, 6.45) is 0. The minimum absolute atomic E-state index is 0.302. The third kappa shape index (κ3) is 2.20. The van der Waals surface area contributed by atoms with Crippen molar-refractivity contribution >= 4 is 0 Å². The average molecular weight is 156 g/mol. The number of quaternary nitrogens is 1. The van der Waals surface area contributed by atoms with E-state index in [4.69, 9.17) is 4.74 Å². The summed E-state index contributed by atoms with van der Waals surface area (Å²) in [6, 6.07) is 6.34. The zero-order valence-corrected chi connectivity index (χ0v) is 6.22. The first-order valence-electron chi connectivity index (χ1n) is 3.51. The SMILES string of the molecule is [NH3+]CCOc1ccccc1F. The lowest BCUT2D eigenvalue weighted by molar-refractivity contribution is -0.371. The van der Waals surface area contributed by atoms with E-state index in [9.17, 15) is 4.39 Å². The third-order valence-electron chi connectivity index (χ3n) is 1.24. The summed E-state index contributed by atoms with van der Waals surface area (Å²) in [5.41, 5.74) is 3.58. The predicted molar refractivity (Wildman–Crippen MR) is 39.7 cm³/mol. The molecule has 0 aliphatic carbocycles. The van der Waals surface area contributed by atoms with E-state index in [2.05, 4.69) is 5.73 Å². The molecule has 0 aromatic heterocycles. The van der Waals surface area contributed by atoms with Gasteiger partial charge in [-0.3, -0.25) is 0 Å². The molecule has 0 unspecified atom stereocenters. The highest BCUT2D eigenvalue weighted by Gasteiger charge is 1.99. The second-order valence-corrected chi connectivity index (χ2v) is 2.13. The molecule has 1 rings (SSSR count). The number of halogens is 1. The molecule has 0 aliphatic heterocycles. The van der Waals surface area contributed by atoms with Crippen molar-refractivity contribution in [3.05, 3.63) is 30.1 Å². The zero-order valence-electron chi connectivity index (χ0n) is 6.22. The first-order valence-corrected chi connectivity index (χ1v) is 3.51. The van der Waals surface area contributed by atoms with Gasteiger partial charge in [0, 0.05) is 0 Å². The van der Waals surface area contributed by atoms with E-state index in [1.54, 1.807) is 18.2 Å². The van der Waals surface area contributed by atoms with Crippen LogP contribution in [-0.2, 0) is 0 Å². The van der Waals surface area contributed by atoms with Gasteiger partial charge in [-0.25, -0.2) is 4.39 Å². The third-order valence-corrected chi connectivity index (χ3v) is 1.24. The Kier molecular flexibility index (Phi) is 2.86. The minimum Gasteiger partial charge on any atom is -0.485 e. The van der Waals surface area contributed by atoms with Gasteiger partial charge in [-0.1, -0.05) is 12.1 Å². The molecule has 0 bridgehead atoms. The van der Waals surface area contributed by atoms with Crippen LogP contribution in [0.1, 0.15) is 0 Å². The number of benzene rings is 1. The highest BCUT2D eigenvalue weighted by Crippen LogP contribution is 2.14. The zero-order chi connectivity index (χ0) is 8.10. The van der Waals surface area contributed by atoms with Crippen molar-refractivity contribution in [1.29, 1.82) is 0 Å². The molecule has 0 amide bonds. The molecule has 11 heavy (non-hydrogen) atoms. The molecule has 0 aliphatic rings. The van der Waals surface area contributed by atoms with Gasteiger partial charge in [-0.05, 0) is 12.1 Å². The summed E-state index contributed by atoms with van der Waals surface area (Å²) in [4.78, 5) is 0. The molecule has 0 spiro atoms. The monoisotopic (exact) mass is 156 g/mol. The Balaban J connectivity index is 2.62. The van der Waals surface area contributed by atoms with Crippen LogP contribution >= 0.6 is 0 Å². The van der Waals surface area contributed by atoms with E-state index in [-0.39, 0.29) is 5.82 Å². The van der Waals surface area contributed by atoms with Crippen LogP contribution in [0.25, 0.3) is 0 Å². The Labute approximate surface area is 64.8 Å². The van der Waals surface area contributed by atoms with Crippen molar-refractivity contribution in [2.75, 3.05) is 13.2 Å². The molecule has 3 heteroatoms. The maximum absolute atomic E-state index is 12.8. The highest BCUT2D eigenvalue weighted by molar-refractivity contribution is 5.23. The van der Waals surface area contributed by atoms with Crippen LogP contribution in [0.5, 0.6) is 5.75 Å². The number of hydrogen-bond donors (Lipinski definition) is 1. The quantitative estimate of drug-likeness (QED) is 0.677. The second kappa shape index (κ2) is 3.93. The topological polar surface area (TPSA) is 36.9 Å². The van der Waals surface area contributed by atoms with Crippen LogP contribution in [-0.4, -0.2) is 13.2 Å². The molecule has 1 aromatic rings. The number of hydrogen-bond acceptors (Lipinski definition) is 1. The Morgan fingerprint density at radius 2 is 2.09 bits per heavy atom. The predicted octanol–water partition coefficient (Wildman–Crippen LogP) is 0.446. The van der Waals surface area contributed by atoms with Gasteiger partial charge in [0.2, 0.25) is 0 Å². The molecule has 1 aromatic carbocycles. The van der Waals surface area contributed by atoms with Crippen LogP contribution in [0, 0.1) is 5.82 Å². The second-order valence-electron chi connectivity index (χ2n) is 2.13. The van der Waals surface area contributed by atoms with Crippen molar-refractivity contribution in [3.63, 3.8) is 0 Å². The molecule has 0 atom stereocenters. The molecule has 0 radical (unpaired) electrons. The van der Waals surface area contributed by atoms with E-state index in [1.807, 2.05) is 0 Å². The lowest BCUT2D eigenvalue weighted by atomic mass is 10.3. The van der Waals surface area contributed by atoms with Crippen molar-refractivity contribution < 1.29 is 14.9 Å². The van der Waals surface area contributed by atoms with Gasteiger partial charge in [0.15, 0.2) is 11.6 Å². The maximum Gasteiger partial charge on any atom is 0.165 e. The molecule has 0 saturated carbocycles. The Hall–Kier alpha value is -1.09.